The zero-order valence-electron chi connectivity index (χ0n) is 15.1. The van der Waals surface area contributed by atoms with Gasteiger partial charge >= 0.3 is 59.6 Å². The van der Waals surface area contributed by atoms with Crippen molar-refractivity contribution in [3.8, 4) is 0 Å². The molecule has 1 N–H and O–H groups in total. The molecule has 0 saturated carbocycles. The maximum absolute atomic E-state index is 13.4. The van der Waals surface area contributed by atoms with E-state index >= 15 is 0 Å². The van der Waals surface area contributed by atoms with Crippen LogP contribution in [0.3, 0.4) is 0 Å². The van der Waals surface area contributed by atoms with Gasteiger partial charge in [-0.1, -0.05) is 18.2 Å². The first kappa shape index (κ1) is 24.1. The zero-order chi connectivity index (χ0) is 20.1. The number of para-hydroxylation sites is 1. The summed E-state index contributed by atoms with van der Waals surface area (Å²) in [6.45, 7) is 3.95. The predicted molar refractivity (Wildman–Crippen MR) is 118 cm³/mol. The van der Waals surface area contributed by atoms with E-state index in [2.05, 4.69) is 27.4 Å². The van der Waals surface area contributed by atoms with E-state index in [-0.39, 0.29) is 10.9 Å². The Balaban J connectivity index is 0.000000445. The summed E-state index contributed by atoms with van der Waals surface area (Å²) in [6.07, 6.45) is 4.13. The van der Waals surface area contributed by atoms with Gasteiger partial charge in [-0.25, -0.2) is 4.39 Å². The molecule has 1 aromatic carbocycles. The van der Waals surface area contributed by atoms with Gasteiger partial charge in [0, 0.05) is 11.4 Å². The molecule has 144 valence electrons. The number of amidine groups is 1. The van der Waals surface area contributed by atoms with Gasteiger partial charge in [0.05, 0.1) is 17.1 Å². The molecule has 0 aliphatic rings. The standard InChI is InChI=1S/C14H13FN4S.C4H9.2ClH.Sn/c1-10(12-7-4-5-9-16-12)18-19-14(20)17-13-8-3-2-6-11(13)15;1-3-4-2;;;/h2-9H,1H3,(H2,17,19,20);1,3-4H2,2H3;2*1H;/q;;;;+3/p-3/b18-10+;;;;. The van der Waals surface area contributed by atoms with E-state index < -0.39 is 23.3 Å². The van der Waals surface area contributed by atoms with Crippen molar-refractivity contribution in [2.75, 3.05) is 0 Å². The first-order valence-electron chi connectivity index (χ1n) is 8.32. The average molecular weight is 534 g/mol. The van der Waals surface area contributed by atoms with Crippen molar-refractivity contribution in [1.29, 1.82) is 0 Å². The fourth-order valence-electron chi connectivity index (χ4n) is 1.75. The van der Waals surface area contributed by atoms with E-state index in [4.69, 9.17) is 30.5 Å². The van der Waals surface area contributed by atoms with Crippen LogP contribution in [0.1, 0.15) is 32.4 Å². The van der Waals surface area contributed by atoms with Gasteiger partial charge < -0.3 is 12.6 Å². The van der Waals surface area contributed by atoms with Crippen LogP contribution < -0.4 is 5.43 Å². The Kier molecular flexibility index (Phi) is 12.6. The van der Waals surface area contributed by atoms with Gasteiger partial charge in [0.25, 0.3) is 0 Å². The number of rotatable bonds is 6. The Hall–Kier alpha value is -0.961. The molecule has 0 spiro atoms. The Morgan fingerprint density at radius 2 is 1.93 bits per heavy atom. The van der Waals surface area contributed by atoms with Crippen LogP contribution in [-0.2, 0) is 12.6 Å². The van der Waals surface area contributed by atoms with Crippen LogP contribution in [-0.4, -0.2) is 33.4 Å². The van der Waals surface area contributed by atoms with Crippen molar-refractivity contribution in [3.63, 3.8) is 0 Å². The van der Waals surface area contributed by atoms with Crippen LogP contribution in [0.2, 0.25) is 4.44 Å². The molecule has 27 heavy (non-hydrogen) atoms. The third kappa shape index (κ3) is 10.8. The number of nitrogens with one attached hydrogen (secondary N) is 1. The summed E-state index contributed by atoms with van der Waals surface area (Å²) in [7, 11) is 11.2. The van der Waals surface area contributed by atoms with Crippen molar-refractivity contribution in [2.24, 2.45) is 10.1 Å². The summed E-state index contributed by atoms with van der Waals surface area (Å²) in [6, 6.07) is 11.7. The first-order valence-corrected chi connectivity index (χ1v) is 18.0. The summed E-state index contributed by atoms with van der Waals surface area (Å²) in [5.74, 6) is -0.429. The average Bonchev–Trinajstić information content (AvgIpc) is 2.67. The van der Waals surface area contributed by atoms with Crippen LogP contribution in [0, 0.1) is 5.82 Å². The number of pyridine rings is 1. The van der Waals surface area contributed by atoms with Crippen molar-refractivity contribution < 1.29 is 4.39 Å². The molecule has 0 fully saturated rings. The monoisotopic (exact) mass is 534 g/mol. The predicted octanol–water partition coefficient (Wildman–Crippen LogP) is 5.52. The van der Waals surface area contributed by atoms with Crippen LogP contribution in [0.4, 0.5) is 10.1 Å². The number of benzene rings is 1. The number of nitrogens with zero attached hydrogens (tertiary/aromatic N) is 3. The van der Waals surface area contributed by atoms with Crippen molar-refractivity contribution in [1.82, 2.24) is 10.4 Å². The van der Waals surface area contributed by atoms with Crippen LogP contribution in [0.5, 0.6) is 0 Å². The second-order valence-electron chi connectivity index (χ2n) is 5.33. The Bertz CT molecular complexity index is 745. The molecule has 0 amide bonds. The van der Waals surface area contributed by atoms with E-state index in [0.29, 0.717) is 5.71 Å². The second-order valence-corrected chi connectivity index (χ2v) is 16.5. The van der Waals surface area contributed by atoms with Crippen molar-refractivity contribution in [2.45, 2.75) is 31.1 Å². The summed E-state index contributed by atoms with van der Waals surface area (Å²) in [5, 5.41) is 4.16. The summed E-state index contributed by atoms with van der Waals surface area (Å²) in [5.41, 5.74) is 4.17. The summed E-state index contributed by atoms with van der Waals surface area (Å²) < 4.78 is 14.5. The zero-order valence-corrected chi connectivity index (χ0v) is 20.3. The number of hydrogen-bond donors (Lipinski definition) is 1. The fraction of sp³-hybridized carbons (Fsp3) is 0.278. The van der Waals surface area contributed by atoms with Crippen molar-refractivity contribution >= 4 is 64.5 Å². The third-order valence-corrected chi connectivity index (χ3v) is 7.95. The van der Waals surface area contributed by atoms with Gasteiger partial charge in [0.1, 0.15) is 5.82 Å². The Labute approximate surface area is 179 Å². The molecule has 2 rings (SSSR count). The molecule has 0 aliphatic heterocycles. The molecule has 0 radical (unpaired) electrons. The number of aliphatic imine (C=N–C) groups is 1. The Morgan fingerprint density at radius 3 is 2.48 bits per heavy atom. The molecule has 2 aromatic rings. The topological polar surface area (TPSA) is 49.6 Å². The molecular formula is C18H21Cl2FN4SSn. The molecule has 0 atom stereocenters. The molecular weight excluding hydrogens is 513 g/mol. The van der Waals surface area contributed by atoms with Gasteiger partial charge in [-0.05, 0) is 31.2 Å². The third-order valence-electron chi connectivity index (χ3n) is 3.15. The van der Waals surface area contributed by atoms with Gasteiger partial charge in [0.2, 0.25) is 0 Å². The number of hydrazone groups is 1. The van der Waals surface area contributed by atoms with E-state index in [1.54, 1.807) is 31.3 Å². The molecule has 4 nitrogen and oxygen atoms in total. The van der Waals surface area contributed by atoms with Crippen molar-refractivity contribution in [3.05, 3.63) is 60.2 Å². The Morgan fingerprint density at radius 1 is 1.22 bits per heavy atom. The molecule has 0 bridgehead atoms. The molecule has 0 unspecified atom stereocenters. The minimum atomic E-state index is -1.70. The van der Waals surface area contributed by atoms with Crippen LogP contribution >= 0.6 is 17.8 Å². The van der Waals surface area contributed by atoms with E-state index in [1.807, 2.05) is 18.2 Å². The second kappa shape index (κ2) is 14.1. The fourth-order valence-corrected chi connectivity index (χ4v) is 5.46. The number of hydrogen-bond acceptors (Lipinski definition) is 4. The summed E-state index contributed by atoms with van der Waals surface area (Å²) >= 11 is 3.29. The molecule has 9 heteroatoms. The molecule has 1 heterocycles. The number of unbranched alkanes of at least 4 members (excludes halogenated alkanes) is 1. The van der Waals surface area contributed by atoms with Gasteiger partial charge in [0.15, 0.2) is 0 Å². The number of halogens is 3. The van der Waals surface area contributed by atoms with Gasteiger partial charge in [-0.3, -0.25) is 15.4 Å². The molecule has 0 aliphatic carbocycles. The number of aromatic nitrogens is 1. The van der Waals surface area contributed by atoms with E-state index in [1.165, 1.54) is 18.9 Å². The normalized spacial score (nSPS) is 11.4. The van der Waals surface area contributed by atoms with E-state index in [9.17, 15) is 4.39 Å². The summed E-state index contributed by atoms with van der Waals surface area (Å²) in [4.78, 5) is 8.09. The van der Waals surface area contributed by atoms with Crippen LogP contribution in [0.15, 0.2) is 58.8 Å². The SMILES string of the molecule is C/C(=N\NC([S-])=Nc1ccccc1F)c1ccccn1.CCC[CH2][Sn+]([Cl])[Cl]. The van der Waals surface area contributed by atoms with Gasteiger partial charge in [-0.2, -0.15) is 5.10 Å². The quantitative estimate of drug-likeness (QED) is 0.175. The molecule has 0 saturated heterocycles. The molecule has 1 aromatic heterocycles. The van der Waals surface area contributed by atoms with E-state index in [0.717, 1.165) is 10.1 Å². The van der Waals surface area contributed by atoms with Crippen LogP contribution in [0.25, 0.3) is 0 Å². The first-order chi connectivity index (χ1) is 12.9. The van der Waals surface area contributed by atoms with Gasteiger partial charge in [-0.15, -0.1) is 0 Å². The minimum absolute atomic E-state index is 0.0883. The maximum atomic E-state index is 13.4.